The summed E-state index contributed by atoms with van der Waals surface area (Å²) in [5.41, 5.74) is 0.964. The summed E-state index contributed by atoms with van der Waals surface area (Å²) < 4.78 is 19.6. The van der Waals surface area contributed by atoms with Gasteiger partial charge in [0.1, 0.15) is 11.6 Å². The fourth-order valence-corrected chi connectivity index (χ4v) is 2.82. The lowest BCUT2D eigenvalue weighted by atomic mass is 10.1. The van der Waals surface area contributed by atoms with Crippen LogP contribution in [0.25, 0.3) is 10.8 Å². The monoisotopic (exact) mass is 387 g/mol. The third-order valence-corrected chi connectivity index (χ3v) is 4.23. The second-order valence-electron chi connectivity index (χ2n) is 5.35. The number of amides is 1. The quantitative estimate of drug-likeness (QED) is 0.705. The van der Waals surface area contributed by atoms with Crippen LogP contribution in [0.2, 0.25) is 0 Å². The highest BCUT2D eigenvalue weighted by atomic mass is 79.9. The normalized spacial score (nSPS) is 10.6. The smallest absolute Gasteiger partial charge is 0.254 e. The first-order valence-electron chi connectivity index (χ1n) is 7.37. The van der Waals surface area contributed by atoms with Gasteiger partial charge >= 0.3 is 0 Å². The maximum Gasteiger partial charge on any atom is 0.254 e. The maximum atomic E-state index is 13.7. The van der Waals surface area contributed by atoms with E-state index in [0.717, 1.165) is 22.1 Å². The van der Waals surface area contributed by atoms with Gasteiger partial charge in [-0.05, 0) is 52.7 Å². The van der Waals surface area contributed by atoms with Crippen molar-refractivity contribution in [2.75, 3.05) is 7.11 Å². The zero-order chi connectivity index (χ0) is 17.1. The van der Waals surface area contributed by atoms with Crippen LogP contribution in [-0.4, -0.2) is 13.0 Å². The lowest BCUT2D eigenvalue weighted by molar-refractivity contribution is 0.0947. The molecule has 24 heavy (non-hydrogen) atoms. The number of rotatable bonds is 4. The van der Waals surface area contributed by atoms with Crippen molar-refractivity contribution < 1.29 is 13.9 Å². The van der Waals surface area contributed by atoms with Crippen LogP contribution in [0.5, 0.6) is 5.75 Å². The molecule has 3 rings (SSSR count). The third-order valence-electron chi connectivity index (χ3n) is 3.74. The molecule has 1 N–H and O–H groups in total. The lowest BCUT2D eigenvalue weighted by Crippen LogP contribution is -2.23. The lowest BCUT2D eigenvalue weighted by Gasteiger charge is -2.08. The molecule has 0 fully saturated rings. The van der Waals surface area contributed by atoms with Gasteiger partial charge in [0.15, 0.2) is 0 Å². The van der Waals surface area contributed by atoms with Gasteiger partial charge in [0.2, 0.25) is 0 Å². The number of hydrogen-bond acceptors (Lipinski definition) is 2. The molecule has 0 saturated carbocycles. The minimum absolute atomic E-state index is 0.0231. The van der Waals surface area contributed by atoms with Crippen LogP contribution >= 0.6 is 15.9 Å². The van der Waals surface area contributed by atoms with Crippen LogP contribution in [0.3, 0.4) is 0 Å². The van der Waals surface area contributed by atoms with Crippen LogP contribution in [0.1, 0.15) is 15.9 Å². The molecule has 3 nitrogen and oxygen atoms in total. The molecule has 0 bridgehead atoms. The van der Waals surface area contributed by atoms with Crippen molar-refractivity contribution in [1.29, 1.82) is 0 Å². The molecule has 0 aromatic heterocycles. The van der Waals surface area contributed by atoms with Gasteiger partial charge in [-0.3, -0.25) is 4.79 Å². The number of ether oxygens (including phenoxy) is 1. The van der Waals surface area contributed by atoms with Crippen molar-refractivity contribution in [1.82, 2.24) is 5.32 Å². The molecule has 3 aromatic carbocycles. The number of benzene rings is 3. The van der Waals surface area contributed by atoms with Crippen molar-refractivity contribution >= 4 is 32.6 Å². The Labute approximate surface area is 147 Å². The Morgan fingerprint density at radius 1 is 1.08 bits per heavy atom. The summed E-state index contributed by atoms with van der Waals surface area (Å²) in [4.78, 5) is 12.1. The van der Waals surface area contributed by atoms with Gasteiger partial charge in [-0.15, -0.1) is 0 Å². The van der Waals surface area contributed by atoms with Gasteiger partial charge in [-0.2, -0.15) is 0 Å². The van der Waals surface area contributed by atoms with Gasteiger partial charge in [0, 0.05) is 11.0 Å². The first kappa shape index (κ1) is 16.5. The molecule has 3 aromatic rings. The third kappa shape index (κ3) is 3.57. The van der Waals surface area contributed by atoms with Crippen molar-refractivity contribution in [3.8, 4) is 5.75 Å². The summed E-state index contributed by atoms with van der Waals surface area (Å²) in [5.74, 6) is -0.182. The van der Waals surface area contributed by atoms with Gasteiger partial charge < -0.3 is 10.1 Å². The van der Waals surface area contributed by atoms with Gasteiger partial charge in [-0.1, -0.05) is 34.1 Å². The molecule has 0 aliphatic carbocycles. The largest absolute Gasteiger partial charge is 0.497 e. The highest BCUT2D eigenvalue weighted by Crippen LogP contribution is 2.22. The Hall–Kier alpha value is -2.40. The number of methoxy groups -OCH3 is 1. The maximum absolute atomic E-state index is 13.7. The predicted octanol–water partition coefficient (Wildman–Crippen LogP) is 4.68. The van der Waals surface area contributed by atoms with E-state index in [2.05, 4.69) is 21.2 Å². The molecule has 5 heteroatoms. The predicted molar refractivity (Wildman–Crippen MR) is 95.8 cm³/mol. The molecule has 0 unspecified atom stereocenters. The molecule has 0 atom stereocenters. The zero-order valence-electron chi connectivity index (χ0n) is 13.0. The number of halogens is 2. The number of carbonyl (C=O) groups excluding carboxylic acids is 1. The minimum atomic E-state index is -0.540. The fraction of sp³-hybridized carbons (Fsp3) is 0.105. The molecule has 0 aliphatic rings. The Bertz CT molecular complexity index is 911. The zero-order valence-corrected chi connectivity index (χ0v) is 14.6. The molecule has 0 saturated heterocycles. The molecule has 0 spiro atoms. The van der Waals surface area contributed by atoms with Crippen LogP contribution in [-0.2, 0) is 6.54 Å². The van der Waals surface area contributed by atoms with E-state index in [1.165, 1.54) is 12.1 Å². The van der Waals surface area contributed by atoms with E-state index in [4.69, 9.17) is 4.74 Å². The van der Waals surface area contributed by atoms with Crippen LogP contribution in [0.15, 0.2) is 59.1 Å². The van der Waals surface area contributed by atoms with E-state index in [1.54, 1.807) is 13.2 Å². The van der Waals surface area contributed by atoms with Crippen LogP contribution in [0.4, 0.5) is 4.39 Å². The first-order valence-corrected chi connectivity index (χ1v) is 8.16. The molecule has 0 aliphatic heterocycles. The Kier molecular flexibility index (Phi) is 4.81. The van der Waals surface area contributed by atoms with Crippen molar-refractivity contribution in [3.63, 3.8) is 0 Å². The second-order valence-corrected chi connectivity index (χ2v) is 6.27. The standard InChI is InChI=1S/C19H15BrFNO2/c1-24-16-6-4-13-8-12(2-3-14(13)9-16)11-22-19(23)17-10-15(20)5-7-18(17)21/h2-10H,11H2,1H3,(H,22,23). The Balaban J connectivity index is 1.75. The van der Waals surface area contributed by atoms with Crippen molar-refractivity contribution in [2.45, 2.75) is 6.54 Å². The van der Waals surface area contributed by atoms with E-state index < -0.39 is 11.7 Å². The SMILES string of the molecule is COc1ccc2cc(CNC(=O)c3cc(Br)ccc3F)ccc2c1. The summed E-state index contributed by atoms with van der Waals surface area (Å²) in [6.45, 7) is 0.326. The van der Waals surface area contributed by atoms with Gasteiger partial charge in [0.05, 0.1) is 12.7 Å². The molecule has 0 heterocycles. The van der Waals surface area contributed by atoms with Crippen LogP contribution in [0, 0.1) is 5.82 Å². The summed E-state index contributed by atoms with van der Waals surface area (Å²) >= 11 is 3.24. The number of nitrogens with one attached hydrogen (secondary N) is 1. The number of carbonyl (C=O) groups is 1. The van der Waals surface area contributed by atoms with E-state index in [-0.39, 0.29) is 5.56 Å². The molecule has 1 amide bonds. The van der Waals surface area contributed by atoms with Crippen molar-refractivity contribution in [2.24, 2.45) is 0 Å². The van der Waals surface area contributed by atoms with Gasteiger partial charge in [-0.25, -0.2) is 4.39 Å². The summed E-state index contributed by atoms with van der Waals surface area (Å²) in [6, 6.07) is 16.0. The minimum Gasteiger partial charge on any atom is -0.497 e. The number of fused-ring (bicyclic) bond motifs is 1. The fourth-order valence-electron chi connectivity index (χ4n) is 2.46. The van der Waals surface area contributed by atoms with Crippen LogP contribution < -0.4 is 10.1 Å². The van der Waals surface area contributed by atoms with Crippen molar-refractivity contribution in [3.05, 3.63) is 76.0 Å². The van der Waals surface area contributed by atoms with E-state index in [9.17, 15) is 9.18 Å². The molecular formula is C19H15BrFNO2. The van der Waals surface area contributed by atoms with E-state index >= 15 is 0 Å². The Morgan fingerprint density at radius 2 is 1.83 bits per heavy atom. The average molecular weight is 388 g/mol. The average Bonchev–Trinajstić information content (AvgIpc) is 2.61. The number of hydrogen-bond donors (Lipinski definition) is 1. The summed E-state index contributed by atoms with van der Waals surface area (Å²) in [7, 11) is 1.63. The summed E-state index contributed by atoms with van der Waals surface area (Å²) in [6.07, 6.45) is 0. The first-order chi connectivity index (χ1) is 11.6. The molecule has 122 valence electrons. The van der Waals surface area contributed by atoms with E-state index in [0.29, 0.717) is 11.0 Å². The summed E-state index contributed by atoms with van der Waals surface area (Å²) in [5, 5.41) is 4.86. The second kappa shape index (κ2) is 7.01. The molecular weight excluding hydrogens is 373 g/mol. The van der Waals surface area contributed by atoms with Gasteiger partial charge in [0.25, 0.3) is 5.91 Å². The van der Waals surface area contributed by atoms with E-state index in [1.807, 2.05) is 36.4 Å². The highest BCUT2D eigenvalue weighted by Gasteiger charge is 2.12. The highest BCUT2D eigenvalue weighted by molar-refractivity contribution is 9.10. The Morgan fingerprint density at radius 3 is 2.62 bits per heavy atom. The molecule has 0 radical (unpaired) electrons. The topological polar surface area (TPSA) is 38.3 Å².